The fraction of sp³-hybridized carbons (Fsp3) is 0.222. The number of benzene rings is 4. The van der Waals surface area contributed by atoms with Crippen molar-refractivity contribution in [2.45, 2.75) is 13.5 Å². The summed E-state index contributed by atoms with van der Waals surface area (Å²) >= 11 is 6.15. The number of nitrogens with zero attached hydrogens (tertiary/aromatic N) is 3. The van der Waals surface area contributed by atoms with Gasteiger partial charge < -0.3 is 15.0 Å². The number of hydrogen-bond acceptors (Lipinski definition) is 5. The molecule has 0 aliphatic carbocycles. The number of fused-ring (bicyclic) bond motifs is 1. The number of carbonyl (C=O) groups excluding carboxylic acids is 2. The van der Waals surface area contributed by atoms with Gasteiger partial charge in [0.1, 0.15) is 0 Å². The molecule has 8 heteroatoms. The summed E-state index contributed by atoms with van der Waals surface area (Å²) in [6.07, 6.45) is 1.73. The summed E-state index contributed by atoms with van der Waals surface area (Å²) in [4.78, 5) is 32.8. The van der Waals surface area contributed by atoms with Gasteiger partial charge in [-0.15, -0.1) is 0 Å². The number of rotatable bonds is 8. The molecule has 2 heterocycles. The van der Waals surface area contributed by atoms with Gasteiger partial charge >= 0.3 is 0 Å². The molecule has 6 rings (SSSR count). The Balaban J connectivity index is 1.04. The van der Waals surface area contributed by atoms with Crippen LogP contribution < -0.4 is 19.9 Å². The van der Waals surface area contributed by atoms with Gasteiger partial charge in [-0.25, -0.2) is 0 Å². The molecule has 2 amide bonds. The van der Waals surface area contributed by atoms with Gasteiger partial charge in [-0.3, -0.25) is 19.4 Å². The van der Waals surface area contributed by atoms with Crippen molar-refractivity contribution in [2.24, 2.45) is 0 Å². The summed E-state index contributed by atoms with van der Waals surface area (Å²) in [5.74, 6) is 0.542. The first-order valence-electron chi connectivity index (χ1n) is 14.9. The third-order valence-electron chi connectivity index (χ3n) is 8.02. The van der Waals surface area contributed by atoms with Gasteiger partial charge in [-0.1, -0.05) is 71.8 Å². The zero-order chi connectivity index (χ0) is 30.5. The van der Waals surface area contributed by atoms with Gasteiger partial charge in [0.25, 0.3) is 11.8 Å². The van der Waals surface area contributed by atoms with Gasteiger partial charge in [0, 0.05) is 55.5 Å². The van der Waals surface area contributed by atoms with E-state index in [9.17, 15) is 9.59 Å². The van der Waals surface area contributed by atoms with Crippen molar-refractivity contribution in [3.63, 3.8) is 0 Å². The minimum absolute atomic E-state index is 0.120. The molecule has 1 saturated heterocycles. The van der Waals surface area contributed by atoms with E-state index in [0.717, 1.165) is 60.2 Å². The number of halogens is 1. The van der Waals surface area contributed by atoms with Crippen LogP contribution >= 0.6 is 11.6 Å². The van der Waals surface area contributed by atoms with E-state index in [-0.39, 0.29) is 17.6 Å². The molecule has 0 atom stereocenters. The molecule has 2 aliphatic rings. The van der Waals surface area contributed by atoms with E-state index in [1.807, 2.05) is 85.8 Å². The molecule has 4 aromatic carbocycles. The molecule has 0 aromatic heterocycles. The first-order valence-corrected chi connectivity index (χ1v) is 15.3. The van der Waals surface area contributed by atoms with Crippen LogP contribution in [0.5, 0.6) is 5.75 Å². The highest BCUT2D eigenvalue weighted by atomic mass is 35.5. The zero-order valence-electron chi connectivity index (χ0n) is 24.7. The van der Waals surface area contributed by atoms with Crippen LogP contribution in [0, 0.1) is 6.92 Å². The fourth-order valence-corrected chi connectivity index (χ4v) is 5.69. The number of amides is 2. The van der Waals surface area contributed by atoms with Crippen LogP contribution in [0.15, 0.2) is 103 Å². The highest BCUT2D eigenvalue weighted by Crippen LogP contribution is 2.36. The maximum atomic E-state index is 13.5. The monoisotopic (exact) mass is 606 g/mol. The molecule has 0 bridgehead atoms. The Morgan fingerprint density at radius 1 is 0.909 bits per heavy atom. The number of anilines is 2. The predicted molar refractivity (Wildman–Crippen MR) is 176 cm³/mol. The lowest BCUT2D eigenvalue weighted by Gasteiger charge is -2.36. The molecule has 4 aromatic rings. The Bertz CT molecular complexity index is 1660. The lowest BCUT2D eigenvalue weighted by Crippen LogP contribution is -2.48. The average Bonchev–Trinajstić information content (AvgIpc) is 3.04. The SMILES string of the molecule is Cc1ccc(CN2C(=O)C(=Cc3ccc(C(=O)NCCN4CCN(c5cccc(Cl)c5)CC4)cc3)Oc3ccccc32)cc1. The van der Waals surface area contributed by atoms with Gasteiger partial charge in [0.15, 0.2) is 11.5 Å². The standard InChI is InChI=1S/C36H35ClN4O3/c1-26-9-11-28(12-10-26)25-41-32-7-2-3-8-33(32)44-34(36(41)43)23-27-13-15-29(16-14-27)35(42)38-17-18-39-19-21-40(22-20-39)31-6-4-5-30(37)24-31/h2-16,23-24H,17-22,25H2,1H3,(H,38,42). The number of hydrogen-bond donors (Lipinski definition) is 1. The molecule has 1 N–H and O–H groups in total. The van der Waals surface area contributed by atoms with Crippen LogP contribution in [-0.2, 0) is 11.3 Å². The van der Waals surface area contributed by atoms with E-state index in [2.05, 4.69) is 21.2 Å². The van der Waals surface area contributed by atoms with Gasteiger partial charge in [0.05, 0.1) is 12.2 Å². The van der Waals surface area contributed by atoms with Crippen LogP contribution in [0.3, 0.4) is 0 Å². The third-order valence-corrected chi connectivity index (χ3v) is 8.26. The van der Waals surface area contributed by atoms with E-state index in [4.69, 9.17) is 16.3 Å². The van der Waals surface area contributed by atoms with Crippen molar-refractivity contribution in [1.29, 1.82) is 0 Å². The second-order valence-electron chi connectivity index (χ2n) is 11.1. The van der Waals surface area contributed by atoms with E-state index in [1.165, 1.54) is 5.56 Å². The minimum atomic E-state index is -0.209. The van der Waals surface area contributed by atoms with Crippen LogP contribution in [0.25, 0.3) is 6.08 Å². The number of aryl methyl sites for hydroxylation is 1. The Hall–Kier alpha value is -4.59. The Labute approximate surface area is 263 Å². The molecule has 0 radical (unpaired) electrons. The topological polar surface area (TPSA) is 65.1 Å². The Morgan fingerprint density at radius 2 is 1.66 bits per heavy atom. The average molecular weight is 607 g/mol. The molecule has 0 unspecified atom stereocenters. The van der Waals surface area contributed by atoms with Crippen molar-refractivity contribution in [3.05, 3.63) is 130 Å². The smallest absolute Gasteiger partial charge is 0.294 e. The zero-order valence-corrected chi connectivity index (χ0v) is 25.5. The largest absolute Gasteiger partial charge is 0.449 e. The molecule has 2 aliphatic heterocycles. The summed E-state index contributed by atoms with van der Waals surface area (Å²) in [7, 11) is 0. The number of nitrogens with one attached hydrogen (secondary N) is 1. The number of carbonyl (C=O) groups is 2. The van der Waals surface area contributed by atoms with Crippen molar-refractivity contribution in [1.82, 2.24) is 10.2 Å². The molecular formula is C36H35ClN4O3. The highest BCUT2D eigenvalue weighted by molar-refractivity contribution is 6.30. The normalized spacial score (nSPS) is 16.0. The lowest BCUT2D eigenvalue weighted by molar-refractivity contribution is -0.117. The molecule has 7 nitrogen and oxygen atoms in total. The van der Waals surface area contributed by atoms with E-state index >= 15 is 0 Å². The molecule has 1 fully saturated rings. The van der Waals surface area contributed by atoms with Crippen LogP contribution in [0.1, 0.15) is 27.0 Å². The van der Waals surface area contributed by atoms with Gasteiger partial charge in [-0.2, -0.15) is 0 Å². The lowest BCUT2D eigenvalue weighted by atomic mass is 10.1. The minimum Gasteiger partial charge on any atom is -0.449 e. The van der Waals surface area contributed by atoms with Crippen molar-refractivity contribution in [2.75, 3.05) is 49.1 Å². The van der Waals surface area contributed by atoms with E-state index in [0.29, 0.717) is 24.4 Å². The molecule has 44 heavy (non-hydrogen) atoms. The van der Waals surface area contributed by atoms with Crippen molar-refractivity contribution >= 4 is 40.9 Å². The molecule has 0 saturated carbocycles. The number of para-hydroxylation sites is 2. The Morgan fingerprint density at radius 3 is 2.41 bits per heavy atom. The second kappa shape index (κ2) is 13.4. The molecule has 0 spiro atoms. The quantitative estimate of drug-likeness (QED) is 0.243. The summed E-state index contributed by atoms with van der Waals surface area (Å²) in [5, 5.41) is 3.78. The number of piperazine rings is 1. The predicted octanol–water partition coefficient (Wildman–Crippen LogP) is 6.17. The first-order chi connectivity index (χ1) is 21.4. The Kier molecular flexibility index (Phi) is 8.96. The maximum absolute atomic E-state index is 13.5. The second-order valence-corrected chi connectivity index (χ2v) is 11.6. The summed E-state index contributed by atoms with van der Waals surface area (Å²) in [6, 6.07) is 30.9. The van der Waals surface area contributed by atoms with Crippen LogP contribution in [0.4, 0.5) is 11.4 Å². The summed E-state index contributed by atoms with van der Waals surface area (Å²) in [6.45, 7) is 7.55. The van der Waals surface area contributed by atoms with E-state index < -0.39 is 0 Å². The van der Waals surface area contributed by atoms with Gasteiger partial charge in [0.2, 0.25) is 0 Å². The first kappa shape index (κ1) is 29.5. The number of ether oxygens (including phenoxy) is 1. The maximum Gasteiger partial charge on any atom is 0.294 e. The molecule has 224 valence electrons. The van der Waals surface area contributed by atoms with E-state index in [1.54, 1.807) is 23.1 Å². The summed E-state index contributed by atoms with van der Waals surface area (Å²) < 4.78 is 6.04. The van der Waals surface area contributed by atoms with Crippen LogP contribution in [0.2, 0.25) is 5.02 Å². The van der Waals surface area contributed by atoms with Crippen molar-refractivity contribution in [3.8, 4) is 5.75 Å². The summed E-state index contributed by atoms with van der Waals surface area (Å²) in [5.41, 5.74) is 5.44. The highest BCUT2D eigenvalue weighted by Gasteiger charge is 2.30. The fourth-order valence-electron chi connectivity index (χ4n) is 5.51. The van der Waals surface area contributed by atoms with Gasteiger partial charge in [-0.05, 0) is 66.6 Å². The third kappa shape index (κ3) is 6.96. The van der Waals surface area contributed by atoms with Crippen LogP contribution in [-0.4, -0.2) is 56.0 Å². The molecular weight excluding hydrogens is 572 g/mol. The van der Waals surface area contributed by atoms with Crippen molar-refractivity contribution < 1.29 is 14.3 Å².